The van der Waals surface area contributed by atoms with Gasteiger partial charge in [-0.1, -0.05) is 45.0 Å². The van der Waals surface area contributed by atoms with E-state index in [2.05, 4.69) is 0 Å². The average molecular weight is 343 g/mol. The maximum atomic E-state index is 12.8. The van der Waals surface area contributed by atoms with Crippen molar-refractivity contribution in [3.63, 3.8) is 0 Å². The Morgan fingerprint density at radius 2 is 1.25 bits per heavy atom. The molecule has 0 spiro atoms. The van der Waals surface area contributed by atoms with E-state index in [1.54, 1.807) is 24.3 Å². The lowest BCUT2D eigenvalue weighted by atomic mass is 9.87. The number of hydrogen-bond donors (Lipinski definition) is 0. The molecule has 0 saturated carbocycles. The molecule has 0 bridgehead atoms. The number of carbonyl (C=O) groups is 2. The van der Waals surface area contributed by atoms with Gasteiger partial charge in [-0.05, 0) is 35.2 Å². The molecule has 0 atom stereocenters. The highest BCUT2D eigenvalue weighted by Gasteiger charge is 2.43. The molecule has 0 fully saturated rings. The van der Waals surface area contributed by atoms with E-state index in [0.29, 0.717) is 4.31 Å². The molecular weight excluding hydrogens is 326 g/mol. The highest BCUT2D eigenvalue weighted by atomic mass is 32.2. The Labute approximate surface area is 141 Å². The van der Waals surface area contributed by atoms with Crippen LogP contribution < -0.4 is 0 Å². The smallest absolute Gasteiger partial charge is 0.267 e. The Bertz CT molecular complexity index is 903. The van der Waals surface area contributed by atoms with Gasteiger partial charge in [0.15, 0.2) is 0 Å². The van der Waals surface area contributed by atoms with Crippen molar-refractivity contribution in [3.8, 4) is 0 Å². The van der Waals surface area contributed by atoms with Crippen LogP contribution in [0.2, 0.25) is 0 Å². The summed E-state index contributed by atoms with van der Waals surface area (Å²) < 4.78 is 25.9. The molecule has 5 nitrogen and oxygen atoms in total. The summed E-state index contributed by atoms with van der Waals surface area (Å²) >= 11 is 0. The number of fused-ring (bicyclic) bond motifs is 1. The SMILES string of the molecule is CC(C)(C)c1ccc(S(=O)(=O)N2C(=O)c3ccccc3C2=O)cc1. The summed E-state index contributed by atoms with van der Waals surface area (Å²) in [5.41, 5.74) is 1.05. The molecule has 0 aromatic heterocycles. The largest absolute Gasteiger partial charge is 0.275 e. The van der Waals surface area contributed by atoms with Gasteiger partial charge in [-0.2, -0.15) is 4.31 Å². The van der Waals surface area contributed by atoms with Crippen LogP contribution in [0.5, 0.6) is 0 Å². The molecule has 0 aliphatic carbocycles. The monoisotopic (exact) mass is 343 g/mol. The molecule has 124 valence electrons. The van der Waals surface area contributed by atoms with E-state index in [9.17, 15) is 18.0 Å². The summed E-state index contributed by atoms with van der Waals surface area (Å²) in [6.45, 7) is 6.04. The first-order valence-corrected chi connectivity index (χ1v) is 8.91. The Morgan fingerprint density at radius 1 is 0.792 bits per heavy atom. The van der Waals surface area contributed by atoms with E-state index in [0.717, 1.165) is 5.56 Å². The van der Waals surface area contributed by atoms with Crippen molar-refractivity contribution in [1.82, 2.24) is 4.31 Å². The van der Waals surface area contributed by atoms with Crippen LogP contribution in [0, 0.1) is 0 Å². The van der Waals surface area contributed by atoms with Gasteiger partial charge in [-0.25, -0.2) is 8.42 Å². The zero-order valence-corrected chi connectivity index (χ0v) is 14.4. The molecule has 0 saturated heterocycles. The predicted octanol–water partition coefficient (Wildman–Crippen LogP) is 2.97. The van der Waals surface area contributed by atoms with Crippen molar-refractivity contribution >= 4 is 21.8 Å². The number of sulfonamides is 1. The summed E-state index contributed by atoms with van der Waals surface area (Å²) in [6, 6.07) is 12.4. The average Bonchev–Trinajstić information content (AvgIpc) is 2.79. The first kappa shape index (κ1) is 16.4. The van der Waals surface area contributed by atoms with Gasteiger partial charge in [-0.3, -0.25) is 9.59 Å². The van der Waals surface area contributed by atoms with Crippen LogP contribution in [0.25, 0.3) is 0 Å². The van der Waals surface area contributed by atoms with Crippen LogP contribution in [0.4, 0.5) is 0 Å². The third-order valence-corrected chi connectivity index (χ3v) is 5.70. The highest BCUT2D eigenvalue weighted by molar-refractivity contribution is 7.90. The number of rotatable bonds is 2. The number of amides is 2. The van der Waals surface area contributed by atoms with Crippen LogP contribution >= 0.6 is 0 Å². The van der Waals surface area contributed by atoms with Crippen LogP contribution in [0.15, 0.2) is 53.4 Å². The fourth-order valence-corrected chi connectivity index (χ4v) is 3.94. The Hall–Kier alpha value is -2.47. The molecular formula is C18H17NO4S. The summed E-state index contributed by atoms with van der Waals surface area (Å²) in [6.07, 6.45) is 0. The van der Waals surface area contributed by atoms with E-state index in [-0.39, 0.29) is 21.4 Å². The molecule has 6 heteroatoms. The van der Waals surface area contributed by atoms with E-state index in [4.69, 9.17) is 0 Å². The summed E-state index contributed by atoms with van der Waals surface area (Å²) in [5, 5.41) is 0. The molecule has 2 aromatic rings. The van der Waals surface area contributed by atoms with Crippen LogP contribution in [0.3, 0.4) is 0 Å². The number of imide groups is 1. The van der Waals surface area contributed by atoms with Crippen LogP contribution in [-0.2, 0) is 15.4 Å². The second kappa shape index (κ2) is 5.27. The van der Waals surface area contributed by atoms with Crippen LogP contribution in [0.1, 0.15) is 47.1 Å². The van der Waals surface area contributed by atoms with Gasteiger partial charge in [0, 0.05) is 0 Å². The topological polar surface area (TPSA) is 71.5 Å². The lowest BCUT2D eigenvalue weighted by Gasteiger charge is -2.20. The molecule has 3 rings (SSSR count). The molecule has 24 heavy (non-hydrogen) atoms. The third kappa shape index (κ3) is 2.43. The number of nitrogens with zero attached hydrogens (tertiary/aromatic N) is 1. The first-order chi connectivity index (χ1) is 11.1. The van der Waals surface area contributed by atoms with Gasteiger partial charge in [-0.15, -0.1) is 0 Å². The summed E-state index contributed by atoms with van der Waals surface area (Å²) in [5.74, 6) is -1.62. The maximum absolute atomic E-state index is 12.8. The molecule has 1 aliphatic heterocycles. The third-order valence-electron chi connectivity index (χ3n) is 4.02. The van der Waals surface area contributed by atoms with Crippen molar-refractivity contribution < 1.29 is 18.0 Å². The van der Waals surface area contributed by atoms with Gasteiger partial charge in [0.25, 0.3) is 21.8 Å². The van der Waals surface area contributed by atoms with E-state index < -0.39 is 21.8 Å². The van der Waals surface area contributed by atoms with Crippen molar-refractivity contribution in [2.45, 2.75) is 31.1 Å². The van der Waals surface area contributed by atoms with Gasteiger partial charge >= 0.3 is 0 Å². The van der Waals surface area contributed by atoms with Crippen molar-refractivity contribution in [2.24, 2.45) is 0 Å². The fourth-order valence-electron chi connectivity index (χ4n) is 2.62. The molecule has 1 aliphatic rings. The zero-order chi connectivity index (χ0) is 17.7. The lowest BCUT2D eigenvalue weighted by molar-refractivity contribution is 0.0765. The van der Waals surface area contributed by atoms with Crippen molar-refractivity contribution in [1.29, 1.82) is 0 Å². The van der Waals surface area contributed by atoms with Crippen LogP contribution in [-0.4, -0.2) is 24.5 Å². The highest BCUT2D eigenvalue weighted by Crippen LogP contribution is 2.30. The first-order valence-electron chi connectivity index (χ1n) is 7.47. The van der Waals surface area contributed by atoms with E-state index >= 15 is 0 Å². The number of benzene rings is 2. The Balaban J connectivity index is 2.04. The van der Waals surface area contributed by atoms with E-state index in [1.165, 1.54) is 24.3 Å². The molecule has 2 aromatic carbocycles. The number of carbonyl (C=O) groups excluding carboxylic acids is 2. The van der Waals surface area contributed by atoms with Crippen molar-refractivity contribution in [2.75, 3.05) is 0 Å². The standard InChI is InChI=1S/C18H17NO4S/c1-18(2,3)12-8-10-13(11-9-12)24(22,23)19-16(20)14-6-4-5-7-15(14)17(19)21/h4-11H,1-3H3. The minimum absolute atomic E-state index is 0.0787. The van der Waals surface area contributed by atoms with Gasteiger partial charge < -0.3 is 0 Å². The quantitative estimate of drug-likeness (QED) is 0.786. The zero-order valence-electron chi connectivity index (χ0n) is 13.6. The van der Waals surface area contributed by atoms with E-state index in [1.807, 2.05) is 20.8 Å². The van der Waals surface area contributed by atoms with Gasteiger partial charge in [0.1, 0.15) is 0 Å². The maximum Gasteiger partial charge on any atom is 0.275 e. The molecule has 2 amide bonds. The number of hydrogen-bond acceptors (Lipinski definition) is 4. The normalized spacial score (nSPS) is 14.9. The van der Waals surface area contributed by atoms with Crippen molar-refractivity contribution in [3.05, 3.63) is 65.2 Å². The lowest BCUT2D eigenvalue weighted by Crippen LogP contribution is -2.36. The molecule has 0 N–H and O–H groups in total. The Kier molecular flexibility index (Phi) is 3.60. The second-order valence-corrected chi connectivity index (χ2v) is 8.49. The predicted molar refractivity (Wildman–Crippen MR) is 89.3 cm³/mol. The summed E-state index contributed by atoms with van der Waals surface area (Å²) in [4.78, 5) is 24.7. The second-order valence-electron chi connectivity index (χ2n) is 6.70. The molecule has 0 radical (unpaired) electrons. The minimum atomic E-state index is -4.23. The molecule has 0 unspecified atom stereocenters. The molecule has 1 heterocycles. The van der Waals surface area contributed by atoms with Gasteiger partial charge in [0.05, 0.1) is 16.0 Å². The Morgan fingerprint density at radius 3 is 1.67 bits per heavy atom. The fraction of sp³-hybridized carbons (Fsp3) is 0.222. The van der Waals surface area contributed by atoms with Gasteiger partial charge in [0.2, 0.25) is 0 Å². The minimum Gasteiger partial charge on any atom is -0.267 e. The summed E-state index contributed by atoms with van der Waals surface area (Å²) in [7, 11) is -4.23.